The standard InChI is InChI=1S/C17H18F3N3O6S/c1-10(9-12-3-2-8-23(12)16(26)27)14(24)22-30(28,29)13-6-4-11(5-7-13)21-15(25)17(18,19)20/h4-7,9,12H,2-3,8H2,1H3,(H,21,25)(H,22,24)(H,26,27)/b10-9+/t12-/m0/s1. The van der Waals surface area contributed by atoms with Gasteiger partial charge in [0.25, 0.3) is 15.9 Å². The number of alkyl halides is 3. The van der Waals surface area contributed by atoms with Gasteiger partial charge in [-0.15, -0.1) is 0 Å². The zero-order valence-electron chi connectivity index (χ0n) is 15.6. The minimum Gasteiger partial charge on any atom is -0.465 e. The summed E-state index contributed by atoms with van der Waals surface area (Å²) in [6.07, 6.45) is -3.78. The molecular formula is C17H18F3N3O6S. The first kappa shape index (κ1) is 23.2. The summed E-state index contributed by atoms with van der Waals surface area (Å²) < 4.78 is 63.2. The quantitative estimate of drug-likeness (QED) is 0.590. The number of carboxylic acid groups (broad SMARTS) is 1. The summed E-state index contributed by atoms with van der Waals surface area (Å²) in [5.74, 6) is -3.18. The van der Waals surface area contributed by atoms with Crippen LogP contribution in [0.3, 0.4) is 0 Å². The van der Waals surface area contributed by atoms with E-state index in [1.165, 1.54) is 13.0 Å². The van der Waals surface area contributed by atoms with Gasteiger partial charge in [0.2, 0.25) is 0 Å². The smallest absolute Gasteiger partial charge is 0.465 e. The third kappa shape index (κ3) is 5.72. The van der Waals surface area contributed by atoms with Crippen LogP contribution in [0.15, 0.2) is 40.8 Å². The van der Waals surface area contributed by atoms with Crippen molar-refractivity contribution >= 4 is 33.6 Å². The molecule has 0 unspecified atom stereocenters. The van der Waals surface area contributed by atoms with Gasteiger partial charge in [-0.05, 0) is 44.0 Å². The molecule has 1 aliphatic rings. The normalized spacial score (nSPS) is 17.5. The maximum atomic E-state index is 12.3. The number of halogens is 3. The van der Waals surface area contributed by atoms with Crippen molar-refractivity contribution in [2.45, 2.75) is 36.9 Å². The number of nitrogens with one attached hydrogen (secondary N) is 2. The number of sulfonamides is 1. The fraction of sp³-hybridized carbons (Fsp3) is 0.353. The fourth-order valence-electron chi connectivity index (χ4n) is 2.75. The molecule has 1 heterocycles. The van der Waals surface area contributed by atoms with Crippen molar-refractivity contribution in [1.82, 2.24) is 9.62 Å². The number of benzene rings is 1. The van der Waals surface area contributed by atoms with Gasteiger partial charge in [-0.1, -0.05) is 6.08 Å². The van der Waals surface area contributed by atoms with Gasteiger partial charge < -0.3 is 15.3 Å². The maximum absolute atomic E-state index is 12.3. The lowest BCUT2D eigenvalue weighted by Crippen LogP contribution is -2.35. The van der Waals surface area contributed by atoms with Crippen molar-refractivity contribution in [2.24, 2.45) is 0 Å². The first-order valence-corrected chi connectivity index (χ1v) is 10.0. The van der Waals surface area contributed by atoms with Crippen LogP contribution >= 0.6 is 0 Å². The van der Waals surface area contributed by atoms with E-state index in [-0.39, 0.29) is 11.3 Å². The van der Waals surface area contributed by atoms with E-state index in [9.17, 15) is 36.0 Å². The lowest BCUT2D eigenvalue weighted by molar-refractivity contribution is -0.167. The molecule has 0 aromatic heterocycles. The monoisotopic (exact) mass is 449 g/mol. The van der Waals surface area contributed by atoms with Gasteiger partial charge in [-0.2, -0.15) is 13.2 Å². The van der Waals surface area contributed by atoms with Crippen molar-refractivity contribution < 1.29 is 41.1 Å². The predicted molar refractivity (Wildman–Crippen MR) is 98.0 cm³/mol. The van der Waals surface area contributed by atoms with Crippen LogP contribution in [0.25, 0.3) is 0 Å². The molecule has 9 nitrogen and oxygen atoms in total. The summed E-state index contributed by atoms with van der Waals surface area (Å²) in [6.45, 7) is 1.64. The van der Waals surface area contributed by atoms with Gasteiger partial charge in [0, 0.05) is 17.8 Å². The van der Waals surface area contributed by atoms with Crippen LogP contribution in [0, 0.1) is 0 Å². The second-order valence-corrected chi connectivity index (χ2v) is 8.13. The number of nitrogens with zero attached hydrogens (tertiary/aromatic N) is 1. The summed E-state index contributed by atoms with van der Waals surface area (Å²) in [5.41, 5.74) is -0.292. The van der Waals surface area contributed by atoms with Crippen LogP contribution in [-0.4, -0.2) is 55.1 Å². The predicted octanol–water partition coefficient (Wildman–Crippen LogP) is 2.08. The minimum atomic E-state index is -5.10. The van der Waals surface area contributed by atoms with E-state index in [0.29, 0.717) is 19.4 Å². The Labute approximate surface area is 169 Å². The van der Waals surface area contributed by atoms with Crippen molar-refractivity contribution in [3.05, 3.63) is 35.9 Å². The fourth-order valence-corrected chi connectivity index (χ4v) is 3.77. The highest BCUT2D eigenvalue weighted by Crippen LogP contribution is 2.21. The van der Waals surface area contributed by atoms with Crippen LogP contribution in [0.2, 0.25) is 0 Å². The highest BCUT2D eigenvalue weighted by molar-refractivity contribution is 7.90. The van der Waals surface area contributed by atoms with E-state index in [0.717, 1.165) is 29.2 Å². The number of hydrogen-bond acceptors (Lipinski definition) is 5. The molecule has 1 aromatic rings. The second-order valence-electron chi connectivity index (χ2n) is 6.45. The Morgan fingerprint density at radius 1 is 1.20 bits per heavy atom. The van der Waals surface area contributed by atoms with E-state index in [1.54, 1.807) is 10.0 Å². The van der Waals surface area contributed by atoms with E-state index in [4.69, 9.17) is 5.11 Å². The van der Waals surface area contributed by atoms with E-state index < -0.39 is 45.0 Å². The summed E-state index contributed by atoms with van der Waals surface area (Å²) >= 11 is 0. The maximum Gasteiger partial charge on any atom is 0.471 e. The molecule has 0 bridgehead atoms. The van der Waals surface area contributed by atoms with Crippen LogP contribution < -0.4 is 10.0 Å². The molecule has 30 heavy (non-hydrogen) atoms. The first-order chi connectivity index (χ1) is 13.8. The average Bonchev–Trinajstić information content (AvgIpc) is 3.09. The molecule has 13 heteroatoms. The van der Waals surface area contributed by atoms with Gasteiger partial charge >= 0.3 is 18.2 Å². The molecule has 3 N–H and O–H groups in total. The molecule has 3 amide bonds. The number of anilines is 1. The van der Waals surface area contributed by atoms with Crippen LogP contribution in [0.1, 0.15) is 19.8 Å². The Kier molecular flexibility index (Phi) is 6.75. The molecule has 1 atom stereocenters. The van der Waals surface area contributed by atoms with Gasteiger partial charge in [0.1, 0.15) is 0 Å². The van der Waals surface area contributed by atoms with Crippen molar-refractivity contribution in [2.75, 3.05) is 11.9 Å². The number of amides is 3. The molecule has 2 rings (SSSR count). The molecule has 0 saturated carbocycles. The van der Waals surface area contributed by atoms with Crippen molar-refractivity contribution in [3.63, 3.8) is 0 Å². The molecule has 0 radical (unpaired) electrons. The molecule has 0 spiro atoms. The van der Waals surface area contributed by atoms with Gasteiger partial charge in [0.05, 0.1) is 10.9 Å². The molecule has 164 valence electrons. The van der Waals surface area contributed by atoms with Gasteiger partial charge in [-0.3, -0.25) is 9.59 Å². The lowest BCUT2D eigenvalue weighted by Gasteiger charge is -2.19. The summed E-state index contributed by atoms with van der Waals surface area (Å²) in [6, 6.07) is 3.17. The minimum absolute atomic E-state index is 0.00853. The van der Waals surface area contributed by atoms with Crippen LogP contribution in [0.4, 0.5) is 23.7 Å². The van der Waals surface area contributed by atoms with E-state index in [1.807, 2.05) is 0 Å². The van der Waals surface area contributed by atoms with Crippen LogP contribution in [0.5, 0.6) is 0 Å². The molecule has 0 aliphatic carbocycles. The van der Waals surface area contributed by atoms with E-state index >= 15 is 0 Å². The molecule has 1 fully saturated rings. The van der Waals surface area contributed by atoms with Crippen LogP contribution in [-0.2, 0) is 19.6 Å². The Morgan fingerprint density at radius 3 is 2.33 bits per heavy atom. The Balaban J connectivity index is 2.08. The number of rotatable bonds is 5. The molecule has 1 aromatic carbocycles. The zero-order chi connectivity index (χ0) is 22.7. The van der Waals surface area contributed by atoms with Crippen molar-refractivity contribution in [3.8, 4) is 0 Å². The van der Waals surface area contributed by atoms with Gasteiger partial charge in [-0.25, -0.2) is 17.9 Å². The average molecular weight is 449 g/mol. The number of hydrogen-bond donors (Lipinski definition) is 3. The van der Waals surface area contributed by atoms with Gasteiger partial charge in [0.15, 0.2) is 0 Å². The third-order valence-electron chi connectivity index (χ3n) is 4.25. The topological polar surface area (TPSA) is 133 Å². The summed E-state index contributed by atoms with van der Waals surface area (Å²) in [5, 5.41) is 10.7. The summed E-state index contributed by atoms with van der Waals surface area (Å²) in [4.78, 5) is 35.0. The van der Waals surface area contributed by atoms with E-state index in [2.05, 4.69) is 0 Å². The lowest BCUT2D eigenvalue weighted by atomic mass is 10.1. The summed E-state index contributed by atoms with van der Waals surface area (Å²) in [7, 11) is -4.35. The molecular weight excluding hydrogens is 431 g/mol. The number of carbonyl (C=O) groups excluding carboxylic acids is 2. The molecule has 1 aliphatic heterocycles. The Hall–Kier alpha value is -3.09. The largest absolute Gasteiger partial charge is 0.471 e. The van der Waals surface area contributed by atoms with Crippen molar-refractivity contribution in [1.29, 1.82) is 0 Å². The Bertz CT molecular complexity index is 973. The Morgan fingerprint density at radius 2 is 1.80 bits per heavy atom. The molecule has 1 saturated heterocycles. The number of likely N-dealkylation sites (tertiary alicyclic amines) is 1. The number of carbonyl (C=O) groups is 3. The highest BCUT2D eigenvalue weighted by atomic mass is 32.2. The first-order valence-electron chi connectivity index (χ1n) is 8.54. The highest BCUT2D eigenvalue weighted by Gasteiger charge is 2.38. The zero-order valence-corrected chi connectivity index (χ0v) is 16.4. The second kappa shape index (κ2) is 8.73. The third-order valence-corrected chi connectivity index (χ3v) is 5.60. The SMILES string of the molecule is C/C(=C\[C@@H]1CCCN1C(=O)O)C(=O)NS(=O)(=O)c1ccc(NC(=O)C(F)(F)F)cc1.